The third-order valence-electron chi connectivity index (χ3n) is 13.1. The monoisotopic (exact) mass is 715 g/mol. The van der Waals surface area contributed by atoms with Gasteiger partial charge in [-0.3, -0.25) is 4.79 Å². The Labute approximate surface area is 303 Å². The van der Waals surface area contributed by atoms with Crippen molar-refractivity contribution in [3.05, 3.63) is 47.6 Å². The summed E-state index contributed by atoms with van der Waals surface area (Å²) in [6, 6.07) is 0. The second kappa shape index (κ2) is 15.4. The van der Waals surface area contributed by atoms with E-state index >= 15 is 0 Å². The van der Waals surface area contributed by atoms with Crippen LogP contribution in [0.2, 0.25) is 36.3 Å². The molecule has 3 saturated carbocycles. The molecular formula is C42H74O5Si2. The highest BCUT2D eigenvalue weighted by atomic mass is 28.4. The molecule has 0 saturated heterocycles. The highest BCUT2D eigenvalue weighted by Gasteiger charge is 2.50. The van der Waals surface area contributed by atoms with Gasteiger partial charge in [0.2, 0.25) is 0 Å². The molecule has 0 aromatic carbocycles. The van der Waals surface area contributed by atoms with Crippen molar-refractivity contribution in [2.45, 2.75) is 188 Å². The number of esters is 1. The predicted octanol–water partition coefficient (Wildman–Crippen LogP) is 11.5. The fourth-order valence-corrected chi connectivity index (χ4v) is 10.5. The Bertz CT molecular complexity index is 1240. The number of fused-ring (bicyclic) bond motifs is 1. The minimum absolute atomic E-state index is 0.135. The van der Waals surface area contributed by atoms with Gasteiger partial charge >= 0.3 is 5.97 Å². The number of rotatable bonds is 11. The summed E-state index contributed by atoms with van der Waals surface area (Å²) in [6.07, 6.45) is 16.6. The first-order chi connectivity index (χ1) is 22.2. The van der Waals surface area contributed by atoms with Crippen molar-refractivity contribution in [1.82, 2.24) is 0 Å². The van der Waals surface area contributed by atoms with Crippen molar-refractivity contribution in [1.29, 1.82) is 0 Å². The lowest BCUT2D eigenvalue weighted by Crippen LogP contribution is -2.48. The van der Waals surface area contributed by atoms with Crippen molar-refractivity contribution in [3.8, 4) is 0 Å². The summed E-state index contributed by atoms with van der Waals surface area (Å²) in [5.74, 6) is 0.489. The maximum atomic E-state index is 12.6. The zero-order valence-corrected chi connectivity index (χ0v) is 36.2. The average Bonchev–Trinajstić information content (AvgIpc) is 3.30. The van der Waals surface area contributed by atoms with Crippen molar-refractivity contribution in [2.75, 3.05) is 0 Å². The van der Waals surface area contributed by atoms with Crippen LogP contribution in [0.5, 0.6) is 0 Å². The maximum Gasteiger partial charge on any atom is 0.314 e. The van der Waals surface area contributed by atoms with Crippen molar-refractivity contribution in [2.24, 2.45) is 22.7 Å². The molecular weight excluding hydrogens is 641 g/mol. The van der Waals surface area contributed by atoms with Crippen LogP contribution in [-0.2, 0) is 18.4 Å². The van der Waals surface area contributed by atoms with Crippen LogP contribution in [0.1, 0.15) is 128 Å². The fourth-order valence-electron chi connectivity index (χ4n) is 7.76. The Hall–Kier alpha value is -1.26. The normalized spacial score (nSPS) is 29.0. The van der Waals surface area contributed by atoms with Crippen molar-refractivity contribution >= 4 is 22.6 Å². The highest BCUT2D eigenvalue weighted by Crippen LogP contribution is 2.59. The SMILES string of the molecule is C=C(/C=C/[C@H](O)C(C)(C)C(=O)OC(C)C)[C@H]1CC[C@H]2/C(=C/C=C3C[C@@H](O[Si](C)(C)C(C)(C)C)C[C@H](O[Si](C)(C)C(C)(C)C)C3)CCC[C@]12C. The zero-order valence-electron chi connectivity index (χ0n) is 34.2. The molecule has 280 valence electrons. The Morgan fingerprint density at radius 3 is 1.94 bits per heavy atom. The number of aliphatic hydroxyl groups excluding tert-OH is 1. The minimum Gasteiger partial charge on any atom is -0.462 e. The van der Waals surface area contributed by atoms with Gasteiger partial charge in [0.1, 0.15) is 0 Å². The molecule has 3 rings (SSSR count). The van der Waals surface area contributed by atoms with E-state index in [4.69, 9.17) is 13.6 Å². The third-order valence-corrected chi connectivity index (χ3v) is 22.2. The molecule has 3 aliphatic rings. The zero-order chi connectivity index (χ0) is 37.4. The van der Waals surface area contributed by atoms with Crippen LogP contribution >= 0.6 is 0 Å². The summed E-state index contributed by atoms with van der Waals surface area (Å²) in [5.41, 5.74) is 3.20. The maximum absolute atomic E-state index is 12.6. The first kappa shape index (κ1) is 42.2. The van der Waals surface area contributed by atoms with Gasteiger partial charge in [0.15, 0.2) is 16.6 Å². The van der Waals surface area contributed by atoms with Crippen LogP contribution in [-0.4, -0.2) is 52.1 Å². The van der Waals surface area contributed by atoms with Gasteiger partial charge in [0, 0.05) is 0 Å². The van der Waals surface area contributed by atoms with E-state index in [1.54, 1.807) is 25.5 Å². The lowest BCUT2D eigenvalue weighted by atomic mass is 9.62. The number of hydrogen-bond acceptors (Lipinski definition) is 5. The number of hydrogen-bond donors (Lipinski definition) is 1. The molecule has 0 bridgehead atoms. The van der Waals surface area contributed by atoms with Gasteiger partial charge in [0.25, 0.3) is 0 Å². The van der Waals surface area contributed by atoms with E-state index in [1.165, 1.54) is 18.4 Å². The lowest BCUT2D eigenvalue weighted by molar-refractivity contribution is -0.162. The topological polar surface area (TPSA) is 65.0 Å². The van der Waals surface area contributed by atoms with Crippen LogP contribution in [0.3, 0.4) is 0 Å². The third kappa shape index (κ3) is 10.00. The minimum atomic E-state index is -1.92. The van der Waals surface area contributed by atoms with Gasteiger partial charge in [0.05, 0.1) is 29.8 Å². The number of allylic oxidation sites excluding steroid dienone is 5. The quantitative estimate of drug-likeness (QED) is 0.131. The number of aliphatic hydroxyl groups is 1. The molecule has 0 aromatic rings. The molecule has 0 radical (unpaired) electrons. The summed E-state index contributed by atoms with van der Waals surface area (Å²) in [4.78, 5) is 12.6. The standard InChI is InChI=1S/C42H74O5Si2/c1-29(2)45-38(44)41(10,11)37(43)24-19-30(3)35-22-23-36-32(18-17-25-42(35,36)12)21-20-31-26-33(46-48(13,14)39(4,5)6)28-34(27-31)47-49(15,16)40(7,8)9/h19-21,24,29,33-37,43H,3,17-18,22-23,25-28H2,1-2,4-16H3/b24-19+,32-21+/t33-,34-,35-,36+,37+,42-/m1/s1. The molecule has 7 heteroatoms. The lowest BCUT2D eigenvalue weighted by Gasteiger charge is -2.45. The molecule has 0 unspecified atom stereocenters. The van der Waals surface area contributed by atoms with Gasteiger partial charge in [-0.05, 0) is 133 Å². The number of carbonyl (C=O) groups is 1. The fraction of sp³-hybridized carbons (Fsp3) is 0.786. The van der Waals surface area contributed by atoms with Crippen LogP contribution in [0.15, 0.2) is 47.6 Å². The van der Waals surface area contributed by atoms with E-state index in [1.807, 2.05) is 19.9 Å². The smallest absolute Gasteiger partial charge is 0.314 e. The van der Waals surface area contributed by atoms with E-state index in [0.717, 1.165) is 44.1 Å². The van der Waals surface area contributed by atoms with Crippen molar-refractivity contribution < 1.29 is 23.5 Å². The number of ether oxygens (including phenoxy) is 1. The number of carbonyl (C=O) groups excluding carboxylic acids is 1. The Morgan fingerprint density at radius 1 is 0.918 bits per heavy atom. The molecule has 6 atom stereocenters. The Balaban J connectivity index is 1.82. The molecule has 0 heterocycles. The summed E-state index contributed by atoms with van der Waals surface area (Å²) in [5, 5.41) is 11.3. The van der Waals surface area contributed by atoms with E-state index in [-0.39, 0.29) is 39.8 Å². The second-order valence-electron chi connectivity index (χ2n) is 19.8. The summed E-state index contributed by atoms with van der Waals surface area (Å²) < 4.78 is 19.5. The summed E-state index contributed by atoms with van der Waals surface area (Å²) in [7, 11) is -3.85. The summed E-state index contributed by atoms with van der Waals surface area (Å²) >= 11 is 0. The molecule has 0 amide bonds. The molecule has 0 aliphatic heterocycles. The van der Waals surface area contributed by atoms with E-state index in [0.29, 0.717) is 11.8 Å². The van der Waals surface area contributed by atoms with Gasteiger partial charge in [-0.1, -0.05) is 96.1 Å². The molecule has 3 fully saturated rings. The van der Waals surface area contributed by atoms with E-state index in [2.05, 4.69) is 93.4 Å². The van der Waals surface area contributed by atoms with Gasteiger partial charge in [-0.25, -0.2) is 0 Å². The van der Waals surface area contributed by atoms with Crippen molar-refractivity contribution in [3.63, 3.8) is 0 Å². The first-order valence-electron chi connectivity index (χ1n) is 19.2. The Kier molecular flexibility index (Phi) is 13.2. The van der Waals surface area contributed by atoms with Crippen LogP contribution < -0.4 is 0 Å². The average molecular weight is 715 g/mol. The second-order valence-corrected chi connectivity index (χ2v) is 29.3. The van der Waals surface area contributed by atoms with Crippen LogP contribution in [0, 0.1) is 22.7 Å². The molecule has 0 aromatic heterocycles. The van der Waals surface area contributed by atoms with Crippen LogP contribution in [0.4, 0.5) is 0 Å². The summed E-state index contributed by atoms with van der Waals surface area (Å²) in [6.45, 7) is 37.6. The molecule has 49 heavy (non-hydrogen) atoms. The van der Waals surface area contributed by atoms with Gasteiger partial charge in [-0.15, -0.1) is 0 Å². The van der Waals surface area contributed by atoms with E-state index in [9.17, 15) is 9.90 Å². The first-order valence-corrected chi connectivity index (χ1v) is 25.0. The van der Waals surface area contributed by atoms with E-state index < -0.39 is 28.2 Å². The van der Waals surface area contributed by atoms with Gasteiger partial charge < -0.3 is 18.7 Å². The highest BCUT2D eigenvalue weighted by molar-refractivity contribution is 6.74. The molecule has 0 spiro atoms. The predicted molar refractivity (Wildman–Crippen MR) is 212 cm³/mol. The molecule has 5 nitrogen and oxygen atoms in total. The Morgan fingerprint density at radius 2 is 1.45 bits per heavy atom. The molecule has 1 N–H and O–H groups in total. The molecule has 3 aliphatic carbocycles. The largest absolute Gasteiger partial charge is 0.462 e. The van der Waals surface area contributed by atoms with Crippen LogP contribution in [0.25, 0.3) is 0 Å². The van der Waals surface area contributed by atoms with Gasteiger partial charge in [-0.2, -0.15) is 0 Å².